The number of nitrogens with one attached hydrogen (secondary N) is 1. The van der Waals surface area contributed by atoms with Crippen LogP contribution in [0.15, 0.2) is 6.20 Å². The second-order valence-electron chi connectivity index (χ2n) is 3.12. The lowest BCUT2D eigenvalue weighted by Crippen LogP contribution is -2.16. The van der Waals surface area contributed by atoms with Gasteiger partial charge in [0.25, 0.3) is 0 Å². The van der Waals surface area contributed by atoms with E-state index < -0.39 is 5.97 Å². The summed E-state index contributed by atoms with van der Waals surface area (Å²) in [6.45, 7) is 0.808. The summed E-state index contributed by atoms with van der Waals surface area (Å²) in [7, 11) is 3.88. The predicted molar refractivity (Wildman–Crippen MR) is 47.8 cm³/mol. The number of carboxylic acid groups (broad SMARTS) is 1. The van der Waals surface area contributed by atoms with Gasteiger partial charge in [-0.05, 0) is 14.1 Å². The van der Waals surface area contributed by atoms with Crippen molar-refractivity contribution < 1.29 is 9.90 Å². The number of likely N-dealkylation sites (N-methyl/N-ethyl adjacent to an activating group) is 1. The Balaban J connectivity index is 2.65. The van der Waals surface area contributed by atoms with Gasteiger partial charge in [0.2, 0.25) is 0 Å². The summed E-state index contributed by atoms with van der Waals surface area (Å²) in [6, 6.07) is 0. The molecule has 5 heteroatoms. The van der Waals surface area contributed by atoms with Gasteiger partial charge in [0.1, 0.15) is 5.56 Å². The number of carboxylic acids is 1. The highest BCUT2D eigenvalue weighted by Crippen LogP contribution is 2.05. The minimum atomic E-state index is -0.928. The number of aromatic amines is 1. The molecule has 5 nitrogen and oxygen atoms in total. The van der Waals surface area contributed by atoms with Crippen LogP contribution in [0.25, 0.3) is 0 Å². The maximum Gasteiger partial charge on any atom is 0.339 e. The van der Waals surface area contributed by atoms with Crippen molar-refractivity contribution in [1.82, 2.24) is 15.1 Å². The van der Waals surface area contributed by atoms with Crippen LogP contribution in [-0.2, 0) is 6.42 Å². The molecule has 0 amide bonds. The van der Waals surface area contributed by atoms with Crippen LogP contribution in [0.4, 0.5) is 0 Å². The Morgan fingerprint density at radius 2 is 2.38 bits per heavy atom. The normalized spacial score (nSPS) is 10.7. The van der Waals surface area contributed by atoms with Gasteiger partial charge in [-0.3, -0.25) is 5.10 Å². The predicted octanol–water partition coefficient (Wildman–Crippen LogP) is 0.212. The van der Waals surface area contributed by atoms with E-state index in [1.807, 2.05) is 19.0 Å². The molecular formula is C8H13N3O2. The third-order valence-electron chi connectivity index (χ3n) is 1.76. The van der Waals surface area contributed by atoms with Gasteiger partial charge in [0, 0.05) is 13.0 Å². The molecule has 0 unspecified atom stereocenters. The van der Waals surface area contributed by atoms with Crippen LogP contribution in [0.1, 0.15) is 16.1 Å². The third kappa shape index (κ3) is 2.55. The van der Waals surface area contributed by atoms with Crippen molar-refractivity contribution >= 4 is 5.97 Å². The summed E-state index contributed by atoms with van der Waals surface area (Å²) in [5, 5.41) is 15.1. The van der Waals surface area contributed by atoms with E-state index in [9.17, 15) is 4.79 Å². The summed E-state index contributed by atoms with van der Waals surface area (Å²) in [5.41, 5.74) is 0.947. The summed E-state index contributed by atoms with van der Waals surface area (Å²) < 4.78 is 0. The van der Waals surface area contributed by atoms with Gasteiger partial charge >= 0.3 is 5.97 Å². The molecule has 0 aliphatic rings. The van der Waals surface area contributed by atoms with Crippen molar-refractivity contribution in [1.29, 1.82) is 0 Å². The van der Waals surface area contributed by atoms with Crippen LogP contribution < -0.4 is 0 Å². The zero-order chi connectivity index (χ0) is 9.84. The lowest BCUT2D eigenvalue weighted by Gasteiger charge is -2.07. The Morgan fingerprint density at radius 3 is 2.92 bits per heavy atom. The van der Waals surface area contributed by atoms with Gasteiger partial charge in [-0.2, -0.15) is 5.10 Å². The standard InChI is InChI=1S/C8H13N3O2/c1-11(2)4-3-7-6(8(12)13)5-9-10-7/h5H,3-4H2,1-2H3,(H,9,10)(H,12,13). The second kappa shape index (κ2) is 4.04. The first-order valence-electron chi connectivity index (χ1n) is 4.01. The minimum absolute atomic E-state index is 0.266. The Morgan fingerprint density at radius 1 is 1.69 bits per heavy atom. The number of carbonyl (C=O) groups is 1. The molecular weight excluding hydrogens is 170 g/mol. The molecule has 1 heterocycles. The Hall–Kier alpha value is -1.36. The van der Waals surface area contributed by atoms with Crippen molar-refractivity contribution in [2.75, 3.05) is 20.6 Å². The van der Waals surface area contributed by atoms with Crippen molar-refractivity contribution in [2.45, 2.75) is 6.42 Å². The Kier molecular flexibility index (Phi) is 3.02. The first kappa shape index (κ1) is 9.73. The van der Waals surface area contributed by atoms with Gasteiger partial charge < -0.3 is 10.0 Å². The van der Waals surface area contributed by atoms with Crippen LogP contribution in [0.2, 0.25) is 0 Å². The first-order valence-corrected chi connectivity index (χ1v) is 4.01. The molecule has 1 aromatic heterocycles. The lowest BCUT2D eigenvalue weighted by molar-refractivity contribution is 0.0695. The number of hydrogen-bond donors (Lipinski definition) is 2. The van der Waals surface area contributed by atoms with Crippen LogP contribution in [-0.4, -0.2) is 46.8 Å². The molecule has 13 heavy (non-hydrogen) atoms. The molecule has 0 saturated heterocycles. The second-order valence-corrected chi connectivity index (χ2v) is 3.12. The SMILES string of the molecule is CN(C)CCc1[nH]ncc1C(=O)O. The highest BCUT2D eigenvalue weighted by atomic mass is 16.4. The molecule has 0 saturated carbocycles. The van der Waals surface area contributed by atoms with Gasteiger partial charge in [-0.25, -0.2) is 4.79 Å². The third-order valence-corrected chi connectivity index (χ3v) is 1.76. The van der Waals surface area contributed by atoms with Crippen LogP contribution >= 0.6 is 0 Å². The molecule has 0 radical (unpaired) electrons. The monoisotopic (exact) mass is 183 g/mol. The quantitative estimate of drug-likeness (QED) is 0.700. The molecule has 1 rings (SSSR count). The van der Waals surface area contributed by atoms with Gasteiger partial charge in [-0.15, -0.1) is 0 Å². The summed E-state index contributed by atoms with van der Waals surface area (Å²) in [6.07, 6.45) is 2.02. The largest absolute Gasteiger partial charge is 0.478 e. The molecule has 0 bridgehead atoms. The van der Waals surface area contributed by atoms with Crippen LogP contribution in [0, 0.1) is 0 Å². The van der Waals surface area contributed by atoms with Gasteiger partial charge in [0.05, 0.1) is 11.9 Å². The van der Waals surface area contributed by atoms with E-state index in [1.165, 1.54) is 6.20 Å². The average molecular weight is 183 g/mol. The van der Waals surface area contributed by atoms with Crippen molar-refractivity contribution in [2.24, 2.45) is 0 Å². The number of nitrogens with zero attached hydrogens (tertiary/aromatic N) is 2. The molecule has 72 valence electrons. The highest BCUT2D eigenvalue weighted by molar-refractivity contribution is 5.88. The zero-order valence-corrected chi connectivity index (χ0v) is 7.74. The molecule has 0 spiro atoms. The van der Waals surface area contributed by atoms with Gasteiger partial charge in [-0.1, -0.05) is 0 Å². The molecule has 0 aromatic carbocycles. The number of hydrogen-bond acceptors (Lipinski definition) is 3. The number of aromatic nitrogens is 2. The van der Waals surface area contributed by atoms with E-state index in [4.69, 9.17) is 5.11 Å². The van der Waals surface area contributed by atoms with E-state index in [0.717, 1.165) is 6.54 Å². The smallest absolute Gasteiger partial charge is 0.339 e. The topological polar surface area (TPSA) is 69.2 Å². The molecule has 0 atom stereocenters. The lowest BCUT2D eigenvalue weighted by atomic mass is 10.2. The number of aromatic carboxylic acids is 1. The summed E-state index contributed by atoms with van der Waals surface area (Å²) in [4.78, 5) is 12.6. The summed E-state index contributed by atoms with van der Waals surface area (Å²) >= 11 is 0. The van der Waals surface area contributed by atoms with Crippen LogP contribution in [0.5, 0.6) is 0 Å². The summed E-state index contributed by atoms with van der Waals surface area (Å²) in [5.74, 6) is -0.928. The number of H-pyrrole nitrogens is 1. The van der Waals surface area contributed by atoms with E-state index in [1.54, 1.807) is 0 Å². The van der Waals surface area contributed by atoms with E-state index in [-0.39, 0.29) is 5.56 Å². The fourth-order valence-electron chi connectivity index (χ4n) is 1.02. The van der Waals surface area contributed by atoms with E-state index >= 15 is 0 Å². The first-order chi connectivity index (χ1) is 6.11. The molecule has 0 fully saturated rings. The molecule has 0 aliphatic heterocycles. The average Bonchev–Trinajstić information content (AvgIpc) is 2.47. The van der Waals surface area contributed by atoms with Crippen LogP contribution in [0.3, 0.4) is 0 Å². The van der Waals surface area contributed by atoms with E-state index in [2.05, 4.69) is 10.2 Å². The Bertz CT molecular complexity index is 293. The van der Waals surface area contributed by atoms with Crippen molar-refractivity contribution in [3.05, 3.63) is 17.5 Å². The Labute approximate surface area is 76.4 Å². The fraction of sp³-hybridized carbons (Fsp3) is 0.500. The maximum atomic E-state index is 10.7. The number of rotatable bonds is 4. The zero-order valence-electron chi connectivity index (χ0n) is 7.74. The molecule has 1 aromatic rings. The van der Waals surface area contributed by atoms with Crippen molar-refractivity contribution in [3.63, 3.8) is 0 Å². The highest BCUT2D eigenvalue weighted by Gasteiger charge is 2.11. The molecule has 0 aliphatic carbocycles. The maximum absolute atomic E-state index is 10.7. The van der Waals surface area contributed by atoms with E-state index in [0.29, 0.717) is 12.1 Å². The van der Waals surface area contributed by atoms with Gasteiger partial charge in [0.15, 0.2) is 0 Å². The fourth-order valence-corrected chi connectivity index (χ4v) is 1.02. The van der Waals surface area contributed by atoms with Crippen molar-refractivity contribution in [3.8, 4) is 0 Å². The molecule has 2 N–H and O–H groups in total. The minimum Gasteiger partial charge on any atom is -0.478 e.